The van der Waals surface area contributed by atoms with Crippen LogP contribution in [0.3, 0.4) is 0 Å². The second-order valence-electron chi connectivity index (χ2n) is 15.9. The third-order valence-corrected chi connectivity index (χ3v) is 12.9. The van der Waals surface area contributed by atoms with Crippen LogP contribution in [0.4, 0.5) is 17.1 Å². The molecule has 0 atom stereocenters. The fraction of sp³-hybridized carbons (Fsp3) is 0.0345. The summed E-state index contributed by atoms with van der Waals surface area (Å²) in [6.45, 7) is 0. The zero-order valence-corrected chi connectivity index (χ0v) is 32.5. The van der Waals surface area contributed by atoms with Gasteiger partial charge in [0.15, 0.2) is 0 Å². The minimum absolute atomic E-state index is 0.534. The van der Waals surface area contributed by atoms with Crippen LogP contribution in [0.2, 0.25) is 0 Å². The third kappa shape index (κ3) is 4.98. The molecular weight excluding hydrogens is 711 g/mol. The Bertz CT molecular complexity index is 3150. The van der Waals surface area contributed by atoms with Gasteiger partial charge in [-0.1, -0.05) is 194 Å². The van der Waals surface area contributed by atoms with Gasteiger partial charge in [-0.15, -0.1) is 0 Å². The van der Waals surface area contributed by atoms with E-state index < -0.39 is 5.41 Å². The topological polar surface area (TPSA) is 3.24 Å². The van der Waals surface area contributed by atoms with Crippen LogP contribution in [-0.4, -0.2) is 0 Å². The molecule has 1 nitrogen and oxygen atoms in total. The van der Waals surface area contributed by atoms with Crippen molar-refractivity contribution in [3.63, 3.8) is 0 Å². The zero-order chi connectivity index (χ0) is 38.9. The standard InChI is InChI=1S/C58H39N/c1-2-21-44(22-3-1)59(55-31-15-19-39-16-4-9-25-48(39)55)45-35-32-40(33-36-45)49-37-34-41-20-14-30-54-56(41)57(49)58(54)52-28-12-10-26-50(52)46-23-7-5-17-42(46)38-43-18-6-8-24-47(43)51-27-11-13-29-53(51)58/h1-37H,38H2. The van der Waals surface area contributed by atoms with Crippen molar-refractivity contribution < 1.29 is 0 Å². The number of anilines is 3. The van der Waals surface area contributed by atoms with E-state index in [0.29, 0.717) is 0 Å². The summed E-state index contributed by atoms with van der Waals surface area (Å²) >= 11 is 0. The lowest BCUT2D eigenvalue weighted by molar-refractivity contribution is 0.728. The Morgan fingerprint density at radius 1 is 0.339 bits per heavy atom. The average Bonchev–Trinajstić information content (AvgIpc) is 3.30. The molecule has 10 aromatic rings. The molecule has 0 saturated heterocycles. The highest BCUT2D eigenvalue weighted by molar-refractivity contribution is 6.07. The van der Waals surface area contributed by atoms with Crippen LogP contribution in [0.15, 0.2) is 224 Å². The lowest BCUT2D eigenvalue weighted by Crippen LogP contribution is -2.40. The van der Waals surface area contributed by atoms with Crippen molar-refractivity contribution in [2.45, 2.75) is 11.8 Å². The molecule has 276 valence electrons. The van der Waals surface area contributed by atoms with E-state index in [1.165, 1.54) is 88.3 Å². The van der Waals surface area contributed by atoms with Gasteiger partial charge < -0.3 is 4.90 Å². The summed E-state index contributed by atoms with van der Waals surface area (Å²) in [5.41, 5.74) is 18.6. The van der Waals surface area contributed by atoms with Crippen LogP contribution in [-0.2, 0) is 11.8 Å². The summed E-state index contributed by atoms with van der Waals surface area (Å²) in [5.74, 6) is 0. The summed E-state index contributed by atoms with van der Waals surface area (Å²) in [6.07, 6.45) is 0.866. The molecule has 0 radical (unpaired) electrons. The van der Waals surface area contributed by atoms with Crippen LogP contribution in [0, 0.1) is 0 Å². The van der Waals surface area contributed by atoms with Gasteiger partial charge in [-0.25, -0.2) is 0 Å². The van der Waals surface area contributed by atoms with Crippen molar-refractivity contribution in [3.05, 3.63) is 258 Å². The van der Waals surface area contributed by atoms with Crippen LogP contribution in [0.25, 0.3) is 54.9 Å². The molecule has 2 aliphatic carbocycles. The largest absolute Gasteiger partial charge is 0.310 e. The molecule has 10 aromatic carbocycles. The molecule has 0 aromatic heterocycles. The first-order valence-electron chi connectivity index (χ1n) is 20.6. The van der Waals surface area contributed by atoms with E-state index in [9.17, 15) is 0 Å². The SMILES string of the molecule is c1ccc(N(c2ccc(-c3ccc4cccc5c4c3C53c4ccccc4-c4ccccc4Cc4ccccc4-c4ccccc43)cc2)c2cccc3ccccc23)cc1. The Kier molecular flexibility index (Phi) is 7.58. The van der Waals surface area contributed by atoms with Crippen molar-refractivity contribution in [1.29, 1.82) is 0 Å². The Morgan fingerprint density at radius 2 is 0.864 bits per heavy atom. The first-order chi connectivity index (χ1) is 29.3. The third-order valence-electron chi connectivity index (χ3n) is 12.9. The average molecular weight is 750 g/mol. The van der Waals surface area contributed by atoms with Crippen molar-refractivity contribution in [2.24, 2.45) is 0 Å². The maximum Gasteiger partial charge on any atom is 0.0731 e. The lowest BCUT2D eigenvalue weighted by Gasteiger charge is -2.49. The molecular formula is C58H39N. The Balaban J connectivity index is 1.12. The van der Waals surface area contributed by atoms with Gasteiger partial charge in [-0.2, -0.15) is 0 Å². The molecule has 1 heteroatoms. The van der Waals surface area contributed by atoms with Gasteiger partial charge in [0.05, 0.1) is 11.1 Å². The van der Waals surface area contributed by atoms with Crippen molar-refractivity contribution in [1.82, 2.24) is 0 Å². The summed E-state index contributed by atoms with van der Waals surface area (Å²) in [7, 11) is 0. The molecule has 1 spiro atoms. The molecule has 0 bridgehead atoms. The maximum atomic E-state index is 2.40. The predicted molar refractivity (Wildman–Crippen MR) is 247 cm³/mol. The molecule has 0 unspecified atom stereocenters. The van der Waals surface area contributed by atoms with E-state index in [4.69, 9.17) is 0 Å². The quantitative estimate of drug-likeness (QED) is 0.173. The van der Waals surface area contributed by atoms with E-state index in [1.54, 1.807) is 0 Å². The monoisotopic (exact) mass is 749 g/mol. The molecule has 59 heavy (non-hydrogen) atoms. The van der Waals surface area contributed by atoms with Crippen LogP contribution >= 0.6 is 0 Å². The van der Waals surface area contributed by atoms with Crippen LogP contribution in [0.5, 0.6) is 0 Å². The Hall–Kier alpha value is -7.48. The summed E-state index contributed by atoms with van der Waals surface area (Å²) in [5, 5.41) is 5.09. The van der Waals surface area contributed by atoms with Gasteiger partial charge in [-0.05, 0) is 120 Å². The van der Waals surface area contributed by atoms with E-state index in [1.807, 2.05) is 0 Å². The molecule has 0 fully saturated rings. The smallest absolute Gasteiger partial charge is 0.0731 e. The number of hydrogen-bond acceptors (Lipinski definition) is 1. The molecule has 0 aliphatic heterocycles. The van der Waals surface area contributed by atoms with Crippen molar-refractivity contribution in [3.8, 4) is 33.4 Å². The Labute approximate surface area is 345 Å². The highest BCUT2D eigenvalue weighted by Crippen LogP contribution is 2.63. The second kappa shape index (κ2) is 13.3. The summed E-state index contributed by atoms with van der Waals surface area (Å²) in [4.78, 5) is 2.39. The number of benzene rings is 10. The molecule has 2 aliphatic rings. The lowest BCUT2D eigenvalue weighted by atomic mass is 9.52. The van der Waals surface area contributed by atoms with Gasteiger partial charge in [0.25, 0.3) is 0 Å². The minimum atomic E-state index is -0.534. The van der Waals surface area contributed by atoms with Crippen LogP contribution in [0.1, 0.15) is 33.4 Å². The fourth-order valence-electron chi connectivity index (χ4n) is 10.5. The van der Waals surface area contributed by atoms with Gasteiger partial charge >= 0.3 is 0 Å². The molecule has 0 N–H and O–H groups in total. The van der Waals surface area contributed by atoms with Crippen molar-refractivity contribution in [2.75, 3.05) is 4.90 Å². The zero-order valence-electron chi connectivity index (χ0n) is 32.5. The van der Waals surface area contributed by atoms with Crippen LogP contribution < -0.4 is 4.90 Å². The molecule has 0 saturated carbocycles. The molecule has 0 heterocycles. The molecule has 12 rings (SSSR count). The summed E-state index contributed by atoms with van der Waals surface area (Å²) < 4.78 is 0. The minimum Gasteiger partial charge on any atom is -0.310 e. The number of hydrogen-bond donors (Lipinski definition) is 0. The number of para-hydroxylation sites is 1. The first-order valence-corrected chi connectivity index (χ1v) is 20.6. The highest BCUT2D eigenvalue weighted by atomic mass is 15.1. The maximum absolute atomic E-state index is 2.40. The highest BCUT2D eigenvalue weighted by Gasteiger charge is 2.51. The predicted octanol–water partition coefficient (Wildman–Crippen LogP) is 15.1. The number of rotatable bonds is 4. The number of nitrogens with zero attached hydrogens (tertiary/aromatic N) is 1. The normalized spacial score (nSPS) is 13.2. The Morgan fingerprint density at radius 3 is 1.58 bits per heavy atom. The van der Waals surface area contributed by atoms with Gasteiger partial charge in [-0.3, -0.25) is 0 Å². The fourth-order valence-corrected chi connectivity index (χ4v) is 10.5. The van der Waals surface area contributed by atoms with Gasteiger partial charge in [0.1, 0.15) is 0 Å². The van der Waals surface area contributed by atoms with E-state index in [0.717, 1.165) is 23.5 Å². The van der Waals surface area contributed by atoms with Crippen molar-refractivity contribution >= 4 is 38.6 Å². The van der Waals surface area contributed by atoms with Gasteiger partial charge in [0.2, 0.25) is 0 Å². The summed E-state index contributed by atoms with van der Waals surface area (Å²) in [6, 6.07) is 83.5. The van der Waals surface area contributed by atoms with Gasteiger partial charge in [0, 0.05) is 16.8 Å². The van der Waals surface area contributed by atoms with E-state index >= 15 is 0 Å². The first kappa shape index (κ1) is 33.6. The second-order valence-corrected chi connectivity index (χ2v) is 15.9. The number of fused-ring (bicyclic) bond motifs is 11. The van der Waals surface area contributed by atoms with E-state index in [-0.39, 0.29) is 0 Å². The molecule has 0 amide bonds. The van der Waals surface area contributed by atoms with E-state index in [2.05, 4.69) is 229 Å².